The molecule has 3 aromatic carbocycles. The zero-order valence-electron chi connectivity index (χ0n) is 17.5. The fraction of sp³-hybridized carbons (Fsp3) is 0.174. The number of carbonyl (C=O) groups excluding carboxylic acids is 1. The van der Waals surface area contributed by atoms with Crippen LogP contribution in [0.5, 0.6) is 5.75 Å². The van der Waals surface area contributed by atoms with E-state index in [1.54, 1.807) is 48.5 Å². The summed E-state index contributed by atoms with van der Waals surface area (Å²) in [6.45, 7) is 1.42. The van der Waals surface area contributed by atoms with Gasteiger partial charge >= 0.3 is 0 Å². The number of halogens is 2. The number of nitrogens with zero attached hydrogens (tertiary/aromatic N) is 1. The van der Waals surface area contributed by atoms with E-state index in [1.165, 1.54) is 25.3 Å². The molecule has 32 heavy (non-hydrogen) atoms. The molecule has 0 spiro atoms. The van der Waals surface area contributed by atoms with Gasteiger partial charge in [-0.1, -0.05) is 53.0 Å². The van der Waals surface area contributed by atoms with Crippen LogP contribution < -0.4 is 10.1 Å². The van der Waals surface area contributed by atoms with E-state index < -0.39 is 22.5 Å². The van der Waals surface area contributed by atoms with Crippen molar-refractivity contribution in [3.63, 3.8) is 0 Å². The first-order valence-electron chi connectivity index (χ1n) is 9.63. The van der Waals surface area contributed by atoms with Gasteiger partial charge in [0.15, 0.2) is 0 Å². The van der Waals surface area contributed by atoms with E-state index in [2.05, 4.69) is 5.32 Å². The number of hydrogen-bond acceptors (Lipinski definition) is 4. The van der Waals surface area contributed by atoms with E-state index in [9.17, 15) is 13.2 Å². The highest BCUT2D eigenvalue weighted by Gasteiger charge is 2.27. The van der Waals surface area contributed by atoms with Crippen LogP contribution in [-0.4, -0.2) is 32.3 Å². The Labute approximate surface area is 197 Å². The van der Waals surface area contributed by atoms with E-state index in [0.717, 1.165) is 9.87 Å². The van der Waals surface area contributed by atoms with E-state index >= 15 is 0 Å². The minimum atomic E-state index is -3.97. The summed E-state index contributed by atoms with van der Waals surface area (Å²) in [6.07, 6.45) is 0. The summed E-state index contributed by atoms with van der Waals surface area (Å²) in [5, 5.41) is 3.56. The van der Waals surface area contributed by atoms with Crippen LogP contribution in [0.4, 0.5) is 5.69 Å². The lowest BCUT2D eigenvalue weighted by molar-refractivity contribution is -0.116. The third-order valence-electron chi connectivity index (χ3n) is 4.66. The van der Waals surface area contributed by atoms with Crippen LogP contribution in [0.2, 0.25) is 10.0 Å². The number of ether oxygens (including phenoxy) is 1. The molecule has 1 amide bonds. The van der Waals surface area contributed by atoms with Crippen molar-refractivity contribution in [1.82, 2.24) is 4.31 Å². The Hall–Kier alpha value is -2.58. The fourth-order valence-corrected chi connectivity index (χ4v) is 4.82. The van der Waals surface area contributed by atoms with Gasteiger partial charge in [0, 0.05) is 16.6 Å². The predicted octanol–water partition coefficient (Wildman–Crippen LogP) is 5.14. The highest BCUT2D eigenvalue weighted by molar-refractivity contribution is 7.89. The second-order valence-electron chi connectivity index (χ2n) is 7.11. The Morgan fingerprint density at radius 3 is 2.34 bits per heavy atom. The second-order valence-corrected chi connectivity index (χ2v) is 9.92. The molecule has 0 radical (unpaired) electrons. The maximum absolute atomic E-state index is 13.4. The van der Waals surface area contributed by atoms with Gasteiger partial charge in [0.05, 0.1) is 24.2 Å². The van der Waals surface area contributed by atoms with Crippen molar-refractivity contribution >= 4 is 44.8 Å². The van der Waals surface area contributed by atoms with Gasteiger partial charge < -0.3 is 10.1 Å². The summed E-state index contributed by atoms with van der Waals surface area (Å²) >= 11 is 12.1. The zero-order chi connectivity index (χ0) is 23.3. The molecule has 0 aliphatic heterocycles. The predicted molar refractivity (Wildman–Crippen MR) is 127 cm³/mol. The molecule has 0 aromatic heterocycles. The van der Waals surface area contributed by atoms with Crippen LogP contribution in [0.25, 0.3) is 0 Å². The molecule has 0 aliphatic carbocycles. The van der Waals surface area contributed by atoms with Crippen LogP contribution in [0.15, 0.2) is 71.6 Å². The van der Waals surface area contributed by atoms with Gasteiger partial charge in [-0.05, 0) is 55.0 Å². The van der Waals surface area contributed by atoms with Crippen LogP contribution in [-0.2, 0) is 21.4 Å². The van der Waals surface area contributed by atoms with Crippen molar-refractivity contribution < 1.29 is 17.9 Å². The van der Waals surface area contributed by atoms with Crippen molar-refractivity contribution in [2.45, 2.75) is 18.4 Å². The second kappa shape index (κ2) is 10.4. The van der Waals surface area contributed by atoms with E-state index in [0.29, 0.717) is 27.0 Å². The van der Waals surface area contributed by atoms with Crippen LogP contribution in [0, 0.1) is 6.92 Å². The lowest BCUT2D eigenvalue weighted by Gasteiger charge is -2.22. The van der Waals surface area contributed by atoms with E-state index in [-0.39, 0.29) is 11.4 Å². The number of anilines is 1. The average Bonchev–Trinajstić information content (AvgIpc) is 2.74. The molecule has 3 aromatic rings. The number of rotatable bonds is 8. The Balaban J connectivity index is 1.91. The van der Waals surface area contributed by atoms with Gasteiger partial charge in [-0.25, -0.2) is 8.42 Å². The first kappa shape index (κ1) is 24.1. The van der Waals surface area contributed by atoms with Gasteiger partial charge in [-0.3, -0.25) is 4.79 Å². The van der Waals surface area contributed by atoms with Crippen LogP contribution >= 0.6 is 23.2 Å². The summed E-state index contributed by atoms with van der Waals surface area (Å²) in [4.78, 5) is 12.9. The maximum Gasteiger partial charge on any atom is 0.243 e. The molecule has 0 heterocycles. The topological polar surface area (TPSA) is 75.7 Å². The summed E-state index contributed by atoms with van der Waals surface area (Å²) < 4.78 is 33.1. The van der Waals surface area contributed by atoms with Crippen molar-refractivity contribution in [1.29, 1.82) is 0 Å². The Bertz CT molecular complexity index is 1210. The van der Waals surface area contributed by atoms with Crippen LogP contribution in [0.1, 0.15) is 11.1 Å². The fourth-order valence-electron chi connectivity index (χ4n) is 3.05. The molecule has 168 valence electrons. The van der Waals surface area contributed by atoms with Gasteiger partial charge in [0.2, 0.25) is 15.9 Å². The minimum absolute atomic E-state index is 0.0309. The van der Waals surface area contributed by atoms with E-state index in [4.69, 9.17) is 27.9 Å². The monoisotopic (exact) mass is 492 g/mol. The average molecular weight is 493 g/mol. The number of sulfonamides is 1. The first-order chi connectivity index (χ1) is 15.2. The molecule has 0 saturated carbocycles. The van der Waals surface area contributed by atoms with Crippen molar-refractivity contribution in [3.8, 4) is 5.75 Å². The van der Waals surface area contributed by atoms with Crippen molar-refractivity contribution in [3.05, 3.63) is 87.9 Å². The van der Waals surface area contributed by atoms with Crippen LogP contribution in [0.3, 0.4) is 0 Å². The summed E-state index contributed by atoms with van der Waals surface area (Å²) in [6, 6.07) is 18.1. The SMILES string of the molecule is COc1ccc(Cl)cc1NC(=O)CN(Cc1cccc(Cl)c1)S(=O)(=O)c1ccc(C)cc1. The molecular weight excluding hydrogens is 471 g/mol. The van der Waals surface area contributed by atoms with Gasteiger partial charge in [0.25, 0.3) is 0 Å². The van der Waals surface area contributed by atoms with Crippen molar-refractivity contribution in [2.24, 2.45) is 0 Å². The number of carbonyl (C=O) groups is 1. The number of methoxy groups -OCH3 is 1. The zero-order valence-corrected chi connectivity index (χ0v) is 19.8. The highest BCUT2D eigenvalue weighted by atomic mass is 35.5. The molecular formula is C23H22Cl2N2O4S. The van der Waals surface area contributed by atoms with E-state index in [1.807, 2.05) is 6.92 Å². The van der Waals surface area contributed by atoms with Crippen molar-refractivity contribution in [2.75, 3.05) is 19.0 Å². The quantitative estimate of drug-likeness (QED) is 0.472. The summed E-state index contributed by atoms with van der Waals surface area (Å²) in [7, 11) is -2.50. The number of benzene rings is 3. The molecule has 0 unspecified atom stereocenters. The highest BCUT2D eigenvalue weighted by Crippen LogP contribution is 2.28. The largest absolute Gasteiger partial charge is 0.495 e. The summed E-state index contributed by atoms with van der Waals surface area (Å²) in [5.74, 6) is -0.131. The number of nitrogens with one attached hydrogen (secondary N) is 1. The smallest absolute Gasteiger partial charge is 0.243 e. The number of amides is 1. The standard InChI is InChI=1S/C23H22Cl2N2O4S/c1-16-6-9-20(10-7-16)32(29,30)27(14-17-4-3-5-18(24)12-17)15-23(28)26-21-13-19(25)8-11-22(21)31-2/h3-13H,14-15H2,1-2H3,(H,26,28). The third-order valence-corrected chi connectivity index (χ3v) is 6.94. The Morgan fingerprint density at radius 1 is 1.00 bits per heavy atom. The maximum atomic E-state index is 13.4. The molecule has 0 aliphatic rings. The number of hydrogen-bond donors (Lipinski definition) is 1. The lowest BCUT2D eigenvalue weighted by Crippen LogP contribution is -2.37. The minimum Gasteiger partial charge on any atom is -0.495 e. The molecule has 0 atom stereocenters. The molecule has 9 heteroatoms. The van der Waals surface area contributed by atoms with Gasteiger partial charge in [0.1, 0.15) is 5.75 Å². The Kier molecular flexibility index (Phi) is 7.79. The molecule has 0 fully saturated rings. The normalized spacial score (nSPS) is 11.4. The summed E-state index contributed by atoms with van der Waals surface area (Å²) in [5.41, 5.74) is 1.93. The molecule has 6 nitrogen and oxygen atoms in total. The molecule has 0 bridgehead atoms. The van der Waals surface area contributed by atoms with Gasteiger partial charge in [-0.2, -0.15) is 4.31 Å². The third kappa shape index (κ3) is 6.01. The molecule has 3 rings (SSSR count). The molecule has 1 N–H and O–H groups in total. The van der Waals surface area contributed by atoms with Gasteiger partial charge in [-0.15, -0.1) is 0 Å². The Morgan fingerprint density at radius 2 is 1.69 bits per heavy atom. The molecule has 0 saturated heterocycles. The first-order valence-corrected chi connectivity index (χ1v) is 11.8. The number of aryl methyl sites for hydroxylation is 1. The lowest BCUT2D eigenvalue weighted by atomic mass is 10.2.